The molecule has 0 spiro atoms. The molecule has 0 N–H and O–H groups in total. The molecule has 23 heavy (non-hydrogen) atoms. The molecular formula is C16H19F3N2O2. The first kappa shape index (κ1) is 16.1. The van der Waals surface area contributed by atoms with Crippen molar-refractivity contribution in [2.24, 2.45) is 5.92 Å². The number of hydrogen-bond acceptors (Lipinski definition) is 3. The quantitative estimate of drug-likeness (QED) is 0.852. The molecule has 0 bridgehead atoms. The van der Waals surface area contributed by atoms with E-state index in [-0.39, 0.29) is 17.6 Å². The largest absolute Gasteiger partial charge is 0.573 e. The number of alkyl halides is 3. The maximum Gasteiger partial charge on any atom is 0.573 e. The van der Waals surface area contributed by atoms with Crippen LogP contribution in [0.1, 0.15) is 18.4 Å². The molecule has 2 fully saturated rings. The molecule has 126 valence electrons. The van der Waals surface area contributed by atoms with Crippen molar-refractivity contribution in [1.82, 2.24) is 9.80 Å². The van der Waals surface area contributed by atoms with Gasteiger partial charge in [0.25, 0.3) is 0 Å². The summed E-state index contributed by atoms with van der Waals surface area (Å²) >= 11 is 0. The molecule has 2 aliphatic rings. The number of ether oxygens (including phenoxy) is 1. The smallest absolute Gasteiger partial charge is 0.406 e. The second kappa shape index (κ2) is 6.39. The van der Waals surface area contributed by atoms with Gasteiger partial charge in [-0.25, -0.2) is 0 Å². The van der Waals surface area contributed by atoms with Crippen LogP contribution >= 0.6 is 0 Å². The molecule has 1 aromatic carbocycles. The van der Waals surface area contributed by atoms with Gasteiger partial charge in [0.2, 0.25) is 5.91 Å². The maximum atomic E-state index is 12.1. The van der Waals surface area contributed by atoms with E-state index in [1.165, 1.54) is 12.1 Å². The summed E-state index contributed by atoms with van der Waals surface area (Å²) in [5.74, 6) is 0.321. The molecule has 1 aliphatic carbocycles. The van der Waals surface area contributed by atoms with Crippen LogP contribution in [0.3, 0.4) is 0 Å². The number of halogens is 3. The highest BCUT2D eigenvalue weighted by atomic mass is 19.4. The third kappa shape index (κ3) is 4.60. The van der Waals surface area contributed by atoms with Gasteiger partial charge >= 0.3 is 6.36 Å². The number of carbonyl (C=O) groups is 1. The van der Waals surface area contributed by atoms with Gasteiger partial charge in [-0.15, -0.1) is 13.2 Å². The Morgan fingerprint density at radius 3 is 2.22 bits per heavy atom. The monoisotopic (exact) mass is 328 g/mol. The number of benzene rings is 1. The van der Waals surface area contributed by atoms with Crippen LogP contribution in [-0.4, -0.2) is 48.2 Å². The van der Waals surface area contributed by atoms with Gasteiger partial charge in [-0.05, 0) is 30.5 Å². The molecule has 1 saturated heterocycles. The topological polar surface area (TPSA) is 32.8 Å². The van der Waals surface area contributed by atoms with E-state index in [1.54, 1.807) is 12.1 Å². The van der Waals surface area contributed by atoms with Crippen LogP contribution in [0.4, 0.5) is 13.2 Å². The van der Waals surface area contributed by atoms with Gasteiger partial charge < -0.3 is 9.64 Å². The van der Waals surface area contributed by atoms with Crippen molar-refractivity contribution in [3.63, 3.8) is 0 Å². The molecule has 0 unspecified atom stereocenters. The van der Waals surface area contributed by atoms with E-state index in [9.17, 15) is 18.0 Å². The molecule has 7 heteroatoms. The Hall–Kier alpha value is -1.76. The van der Waals surface area contributed by atoms with Crippen LogP contribution < -0.4 is 4.74 Å². The zero-order chi connectivity index (χ0) is 16.4. The average molecular weight is 328 g/mol. The minimum absolute atomic E-state index is 0.207. The van der Waals surface area contributed by atoms with Gasteiger partial charge in [0.05, 0.1) is 0 Å². The number of rotatable bonds is 4. The normalized spacial score (nSPS) is 19.7. The molecule has 1 saturated carbocycles. The molecule has 1 aliphatic heterocycles. The highest BCUT2D eigenvalue weighted by Gasteiger charge is 2.34. The number of piperazine rings is 1. The molecule has 1 heterocycles. The zero-order valence-electron chi connectivity index (χ0n) is 12.7. The van der Waals surface area contributed by atoms with Gasteiger partial charge in [0.15, 0.2) is 0 Å². The van der Waals surface area contributed by atoms with Crippen LogP contribution in [0.2, 0.25) is 0 Å². The van der Waals surface area contributed by atoms with E-state index in [1.807, 2.05) is 4.90 Å². The van der Waals surface area contributed by atoms with E-state index in [0.717, 1.165) is 44.6 Å². The zero-order valence-corrected chi connectivity index (χ0v) is 12.7. The molecule has 3 rings (SSSR count). The van der Waals surface area contributed by atoms with Crippen LogP contribution in [0.15, 0.2) is 24.3 Å². The summed E-state index contributed by atoms with van der Waals surface area (Å²) in [6.07, 6.45) is -2.62. The third-order valence-corrected chi connectivity index (χ3v) is 4.17. The van der Waals surface area contributed by atoms with E-state index in [4.69, 9.17) is 0 Å². The Balaban J connectivity index is 1.47. The SMILES string of the molecule is O=C(C1CC1)N1CCN(Cc2ccc(OC(F)(F)F)cc2)CC1. The summed E-state index contributed by atoms with van der Waals surface area (Å²) in [6.45, 7) is 3.70. The molecule has 4 nitrogen and oxygen atoms in total. The minimum atomic E-state index is -4.66. The maximum absolute atomic E-state index is 12.1. The highest BCUT2D eigenvalue weighted by Crippen LogP contribution is 2.31. The van der Waals surface area contributed by atoms with E-state index >= 15 is 0 Å². The molecule has 1 aromatic rings. The first-order valence-corrected chi connectivity index (χ1v) is 7.76. The fourth-order valence-electron chi connectivity index (χ4n) is 2.77. The summed E-state index contributed by atoms with van der Waals surface area (Å²) in [5.41, 5.74) is 0.932. The van der Waals surface area contributed by atoms with Gasteiger partial charge in [0, 0.05) is 38.6 Å². The van der Waals surface area contributed by atoms with Crippen molar-refractivity contribution in [2.45, 2.75) is 25.7 Å². The fourth-order valence-corrected chi connectivity index (χ4v) is 2.77. The lowest BCUT2D eigenvalue weighted by Crippen LogP contribution is -2.48. The first-order chi connectivity index (χ1) is 10.9. The van der Waals surface area contributed by atoms with Crippen molar-refractivity contribution in [3.8, 4) is 5.75 Å². The predicted octanol–water partition coefficient (Wildman–Crippen LogP) is 2.64. The third-order valence-electron chi connectivity index (χ3n) is 4.17. The lowest BCUT2D eigenvalue weighted by Gasteiger charge is -2.35. The van der Waals surface area contributed by atoms with Gasteiger partial charge in [-0.2, -0.15) is 0 Å². The highest BCUT2D eigenvalue weighted by molar-refractivity contribution is 5.81. The number of nitrogens with zero attached hydrogens (tertiary/aromatic N) is 2. The summed E-state index contributed by atoms with van der Waals surface area (Å²) in [6, 6.07) is 5.94. The van der Waals surface area contributed by atoms with E-state index < -0.39 is 6.36 Å². The second-order valence-electron chi connectivity index (χ2n) is 6.07. The number of carbonyl (C=O) groups excluding carboxylic acids is 1. The number of hydrogen-bond donors (Lipinski definition) is 0. The predicted molar refractivity (Wildman–Crippen MR) is 77.7 cm³/mol. The lowest BCUT2D eigenvalue weighted by atomic mass is 10.2. The number of amides is 1. The molecular weight excluding hydrogens is 309 g/mol. The second-order valence-corrected chi connectivity index (χ2v) is 6.07. The van der Waals surface area contributed by atoms with Crippen molar-refractivity contribution in [1.29, 1.82) is 0 Å². The standard InChI is InChI=1S/C16H19F3N2O2/c17-16(18,19)23-14-5-1-12(2-6-14)11-20-7-9-21(10-8-20)15(22)13-3-4-13/h1-2,5-6,13H,3-4,7-11H2. The Morgan fingerprint density at radius 2 is 1.70 bits per heavy atom. The molecule has 0 aromatic heterocycles. The Labute approximate surface area is 132 Å². The summed E-state index contributed by atoms with van der Waals surface area (Å²) < 4.78 is 40.2. The summed E-state index contributed by atoms with van der Waals surface area (Å²) in [4.78, 5) is 16.1. The summed E-state index contributed by atoms with van der Waals surface area (Å²) in [5, 5.41) is 0. The van der Waals surface area contributed by atoms with Crippen LogP contribution in [0, 0.1) is 5.92 Å². The van der Waals surface area contributed by atoms with Crippen molar-refractivity contribution < 1.29 is 22.7 Å². The summed E-state index contributed by atoms with van der Waals surface area (Å²) in [7, 11) is 0. The average Bonchev–Trinajstić information content (AvgIpc) is 3.33. The Bertz CT molecular complexity index is 547. The van der Waals surface area contributed by atoms with Crippen molar-refractivity contribution in [2.75, 3.05) is 26.2 Å². The first-order valence-electron chi connectivity index (χ1n) is 7.76. The van der Waals surface area contributed by atoms with Gasteiger partial charge in [-0.1, -0.05) is 12.1 Å². The van der Waals surface area contributed by atoms with E-state index in [2.05, 4.69) is 9.64 Å². The van der Waals surface area contributed by atoms with Gasteiger partial charge in [0.1, 0.15) is 5.75 Å². The molecule has 0 atom stereocenters. The Kier molecular flexibility index (Phi) is 4.48. The lowest BCUT2D eigenvalue weighted by molar-refractivity contribution is -0.274. The van der Waals surface area contributed by atoms with Gasteiger partial charge in [-0.3, -0.25) is 9.69 Å². The van der Waals surface area contributed by atoms with Crippen molar-refractivity contribution in [3.05, 3.63) is 29.8 Å². The van der Waals surface area contributed by atoms with Crippen LogP contribution in [-0.2, 0) is 11.3 Å². The van der Waals surface area contributed by atoms with E-state index in [0.29, 0.717) is 6.54 Å². The minimum Gasteiger partial charge on any atom is -0.406 e. The van der Waals surface area contributed by atoms with Crippen LogP contribution in [0.5, 0.6) is 5.75 Å². The van der Waals surface area contributed by atoms with Crippen LogP contribution in [0.25, 0.3) is 0 Å². The molecule has 0 radical (unpaired) electrons. The Morgan fingerprint density at radius 1 is 1.09 bits per heavy atom. The van der Waals surface area contributed by atoms with Crippen molar-refractivity contribution >= 4 is 5.91 Å². The fraction of sp³-hybridized carbons (Fsp3) is 0.562. The molecule has 1 amide bonds.